The van der Waals surface area contributed by atoms with Gasteiger partial charge in [0, 0.05) is 36.1 Å². The zero-order chi connectivity index (χ0) is 15.2. The Morgan fingerprint density at radius 1 is 1.62 bits per heavy atom. The second kappa shape index (κ2) is 7.70. The van der Waals surface area contributed by atoms with Crippen molar-refractivity contribution < 1.29 is 19.0 Å². The van der Waals surface area contributed by atoms with Gasteiger partial charge < -0.3 is 20.5 Å². The lowest BCUT2D eigenvalue weighted by atomic mass is 10.1. The average molecular weight is 317 g/mol. The molecule has 0 radical (unpaired) electrons. The Balaban J connectivity index is 1.83. The normalized spacial score (nSPS) is 20.0. The summed E-state index contributed by atoms with van der Waals surface area (Å²) in [5.41, 5.74) is -0.00130. The minimum atomic E-state index is -1.18. The SMILES string of the molecule is O=C(CC1COCCN1)NCC(O)c1c(F)cccc1Cl. The van der Waals surface area contributed by atoms with Gasteiger partial charge in [0.2, 0.25) is 5.91 Å². The number of carbonyl (C=O) groups excluding carboxylic acids is 1. The van der Waals surface area contributed by atoms with Gasteiger partial charge in [-0.1, -0.05) is 17.7 Å². The van der Waals surface area contributed by atoms with Gasteiger partial charge in [0.05, 0.1) is 13.2 Å². The minimum absolute atomic E-state index is 0.00130. The predicted octanol–water partition coefficient (Wildman–Crippen LogP) is 1.01. The summed E-state index contributed by atoms with van der Waals surface area (Å²) in [4.78, 5) is 11.8. The first-order chi connectivity index (χ1) is 10.1. The number of amides is 1. The van der Waals surface area contributed by atoms with E-state index in [0.29, 0.717) is 19.8 Å². The number of aliphatic hydroxyl groups excluding tert-OH is 1. The van der Waals surface area contributed by atoms with Crippen molar-refractivity contribution in [2.75, 3.05) is 26.3 Å². The van der Waals surface area contributed by atoms with Gasteiger partial charge in [0.25, 0.3) is 0 Å². The van der Waals surface area contributed by atoms with Crippen LogP contribution in [-0.4, -0.2) is 43.4 Å². The quantitative estimate of drug-likeness (QED) is 0.758. The molecule has 7 heteroatoms. The van der Waals surface area contributed by atoms with E-state index in [1.54, 1.807) is 0 Å². The molecular weight excluding hydrogens is 299 g/mol. The van der Waals surface area contributed by atoms with E-state index in [-0.39, 0.29) is 35.5 Å². The Bertz CT molecular complexity index is 475. The van der Waals surface area contributed by atoms with Crippen LogP contribution in [0.15, 0.2) is 18.2 Å². The molecule has 2 atom stereocenters. The number of halogens is 2. The van der Waals surface area contributed by atoms with Crippen molar-refractivity contribution in [1.29, 1.82) is 0 Å². The predicted molar refractivity (Wildman–Crippen MR) is 76.6 cm³/mol. The number of hydrogen-bond acceptors (Lipinski definition) is 4. The summed E-state index contributed by atoms with van der Waals surface area (Å²) in [7, 11) is 0. The molecular formula is C14H18ClFN2O3. The van der Waals surface area contributed by atoms with E-state index < -0.39 is 11.9 Å². The molecule has 116 valence electrons. The first-order valence-electron chi connectivity index (χ1n) is 6.77. The van der Waals surface area contributed by atoms with Crippen LogP contribution in [0.25, 0.3) is 0 Å². The molecule has 1 saturated heterocycles. The fourth-order valence-electron chi connectivity index (χ4n) is 2.19. The lowest BCUT2D eigenvalue weighted by Crippen LogP contribution is -2.44. The van der Waals surface area contributed by atoms with Gasteiger partial charge in [-0.15, -0.1) is 0 Å². The first-order valence-corrected chi connectivity index (χ1v) is 7.15. The van der Waals surface area contributed by atoms with Crippen molar-refractivity contribution in [3.8, 4) is 0 Å². The Labute approximate surface area is 127 Å². The maximum absolute atomic E-state index is 13.6. The number of hydrogen-bond donors (Lipinski definition) is 3. The molecule has 1 heterocycles. The van der Waals surface area contributed by atoms with Crippen molar-refractivity contribution in [3.05, 3.63) is 34.6 Å². The molecule has 0 aromatic heterocycles. The summed E-state index contributed by atoms with van der Waals surface area (Å²) in [5, 5.41) is 15.8. The molecule has 0 spiro atoms. The largest absolute Gasteiger partial charge is 0.386 e. The number of benzene rings is 1. The molecule has 1 aromatic carbocycles. The van der Waals surface area contributed by atoms with E-state index in [1.165, 1.54) is 18.2 Å². The third-order valence-electron chi connectivity index (χ3n) is 3.26. The molecule has 21 heavy (non-hydrogen) atoms. The van der Waals surface area contributed by atoms with Crippen LogP contribution in [0.1, 0.15) is 18.1 Å². The molecule has 2 rings (SSSR count). The van der Waals surface area contributed by atoms with Crippen molar-refractivity contribution in [2.24, 2.45) is 0 Å². The van der Waals surface area contributed by atoms with Crippen LogP contribution in [0.5, 0.6) is 0 Å². The van der Waals surface area contributed by atoms with E-state index in [1.807, 2.05) is 0 Å². The molecule has 5 nitrogen and oxygen atoms in total. The molecule has 0 bridgehead atoms. The molecule has 1 amide bonds. The highest BCUT2D eigenvalue weighted by atomic mass is 35.5. The number of morpholine rings is 1. The summed E-state index contributed by atoms with van der Waals surface area (Å²) in [6.07, 6.45) is -0.934. The molecule has 2 unspecified atom stereocenters. The summed E-state index contributed by atoms with van der Waals surface area (Å²) in [5.74, 6) is -0.823. The standard InChI is InChI=1S/C14H18ClFN2O3/c15-10-2-1-3-11(16)14(10)12(19)7-18-13(20)6-9-8-21-5-4-17-9/h1-3,9,12,17,19H,4-8H2,(H,18,20). The Morgan fingerprint density at radius 3 is 3.10 bits per heavy atom. The highest BCUT2D eigenvalue weighted by Gasteiger charge is 2.20. The molecule has 1 aliphatic rings. The van der Waals surface area contributed by atoms with Crippen molar-refractivity contribution in [2.45, 2.75) is 18.6 Å². The molecule has 1 aromatic rings. The van der Waals surface area contributed by atoms with Crippen LogP contribution in [0, 0.1) is 5.82 Å². The van der Waals surface area contributed by atoms with Crippen molar-refractivity contribution in [1.82, 2.24) is 10.6 Å². The van der Waals surface area contributed by atoms with Crippen LogP contribution in [0.3, 0.4) is 0 Å². The Hall–Kier alpha value is -1.21. The van der Waals surface area contributed by atoms with Crippen LogP contribution in [0.4, 0.5) is 4.39 Å². The average Bonchev–Trinajstić information content (AvgIpc) is 2.46. The van der Waals surface area contributed by atoms with Crippen molar-refractivity contribution >= 4 is 17.5 Å². The van der Waals surface area contributed by atoms with Gasteiger partial charge in [-0.3, -0.25) is 4.79 Å². The zero-order valence-electron chi connectivity index (χ0n) is 11.4. The highest BCUT2D eigenvalue weighted by Crippen LogP contribution is 2.25. The van der Waals surface area contributed by atoms with E-state index in [9.17, 15) is 14.3 Å². The third kappa shape index (κ3) is 4.64. The topological polar surface area (TPSA) is 70.6 Å². The fraction of sp³-hybridized carbons (Fsp3) is 0.500. The monoisotopic (exact) mass is 316 g/mol. The molecule has 3 N–H and O–H groups in total. The fourth-order valence-corrected chi connectivity index (χ4v) is 2.48. The van der Waals surface area contributed by atoms with E-state index in [0.717, 1.165) is 0 Å². The molecule has 0 saturated carbocycles. The zero-order valence-corrected chi connectivity index (χ0v) is 12.2. The first kappa shape index (κ1) is 16.2. The van der Waals surface area contributed by atoms with Gasteiger partial charge in [0.15, 0.2) is 0 Å². The number of carbonyl (C=O) groups is 1. The Morgan fingerprint density at radius 2 is 2.43 bits per heavy atom. The number of ether oxygens (including phenoxy) is 1. The van der Waals surface area contributed by atoms with Gasteiger partial charge >= 0.3 is 0 Å². The summed E-state index contributed by atoms with van der Waals surface area (Å²) >= 11 is 5.86. The van der Waals surface area contributed by atoms with Gasteiger partial charge in [-0.05, 0) is 12.1 Å². The molecule has 1 aliphatic heterocycles. The van der Waals surface area contributed by atoms with Gasteiger partial charge in [0.1, 0.15) is 11.9 Å². The van der Waals surface area contributed by atoms with Crippen molar-refractivity contribution in [3.63, 3.8) is 0 Å². The number of nitrogens with one attached hydrogen (secondary N) is 2. The van der Waals surface area contributed by atoms with Crippen LogP contribution in [-0.2, 0) is 9.53 Å². The molecule has 0 aliphatic carbocycles. The lowest BCUT2D eigenvalue weighted by Gasteiger charge is -2.23. The Kier molecular flexibility index (Phi) is 5.93. The van der Waals surface area contributed by atoms with Gasteiger partial charge in [-0.2, -0.15) is 0 Å². The third-order valence-corrected chi connectivity index (χ3v) is 3.59. The minimum Gasteiger partial charge on any atom is -0.386 e. The summed E-state index contributed by atoms with van der Waals surface area (Å²) < 4.78 is 18.9. The summed E-state index contributed by atoms with van der Waals surface area (Å²) in [6, 6.07) is 4.14. The molecule has 1 fully saturated rings. The van der Waals surface area contributed by atoms with E-state index in [2.05, 4.69) is 10.6 Å². The van der Waals surface area contributed by atoms with E-state index in [4.69, 9.17) is 16.3 Å². The smallest absolute Gasteiger partial charge is 0.221 e. The lowest BCUT2D eigenvalue weighted by molar-refractivity contribution is -0.122. The van der Waals surface area contributed by atoms with Crippen LogP contribution < -0.4 is 10.6 Å². The summed E-state index contributed by atoms with van der Waals surface area (Å²) in [6.45, 7) is 1.75. The van der Waals surface area contributed by atoms with E-state index >= 15 is 0 Å². The number of rotatable bonds is 5. The number of aliphatic hydroxyl groups is 1. The van der Waals surface area contributed by atoms with Crippen LogP contribution in [0.2, 0.25) is 5.02 Å². The highest BCUT2D eigenvalue weighted by molar-refractivity contribution is 6.31. The second-order valence-corrected chi connectivity index (χ2v) is 5.29. The van der Waals surface area contributed by atoms with Crippen LogP contribution >= 0.6 is 11.6 Å². The second-order valence-electron chi connectivity index (χ2n) is 4.89. The maximum atomic E-state index is 13.6. The maximum Gasteiger partial charge on any atom is 0.221 e. The van der Waals surface area contributed by atoms with Gasteiger partial charge in [-0.25, -0.2) is 4.39 Å².